The fourth-order valence-electron chi connectivity index (χ4n) is 2.53. The predicted octanol–water partition coefficient (Wildman–Crippen LogP) is 4.52. The van der Waals surface area contributed by atoms with Gasteiger partial charge in [-0.2, -0.15) is 0 Å². The van der Waals surface area contributed by atoms with Gasteiger partial charge in [0.2, 0.25) is 5.91 Å². The standard InChI is InChI=1S/C18H21N3OS3/c1-10-11(2)24-17-15(10)18(21-13(4)20-17)25-12(3)16(22)19-8-7-14-6-5-9-23-14/h5-6,9,12H,7-8H2,1-4H3,(H,19,22). The number of aryl methyl sites for hydroxylation is 3. The Kier molecular flexibility index (Phi) is 5.76. The third kappa shape index (κ3) is 4.22. The first-order valence-corrected chi connectivity index (χ1v) is 10.7. The second kappa shape index (κ2) is 7.85. The molecular weight excluding hydrogens is 370 g/mol. The summed E-state index contributed by atoms with van der Waals surface area (Å²) in [6.45, 7) is 8.70. The summed E-state index contributed by atoms with van der Waals surface area (Å²) < 4.78 is 0. The quantitative estimate of drug-likeness (QED) is 0.496. The minimum absolute atomic E-state index is 0.0515. The van der Waals surface area contributed by atoms with E-state index in [9.17, 15) is 4.79 Å². The molecule has 4 nitrogen and oxygen atoms in total. The van der Waals surface area contributed by atoms with E-state index >= 15 is 0 Å². The van der Waals surface area contributed by atoms with E-state index in [1.165, 1.54) is 27.1 Å². The molecular formula is C18H21N3OS3. The normalized spacial score (nSPS) is 12.5. The number of nitrogens with zero attached hydrogens (tertiary/aromatic N) is 2. The SMILES string of the molecule is Cc1nc(SC(C)C(=O)NCCc2cccs2)c2c(C)c(C)sc2n1. The highest BCUT2D eigenvalue weighted by atomic mass is 32.2. The molecule has 3 rings (SSSR count). The Morgan fingerprint density at radius 2 is 2.12 bits per heavy atom. The Hall–Kier alpha value is -1.44. The van der Waals surface area contributed by atoms with Crippen LogP contribution in [-0.2, 0) is 11.2 Å². The van der Waals surface area contributed by atoms with Crippen LogP contribution in [0.1, 0.15) is 28.1 Å². The van der Waals surface area contributed by atoms with Crippen molar-refractivity contribution in [1.29, 1.82) is 0 Å². The van der Waals surface area contributed by atoms with E-state index in [0.29, 0.717) is 6.54 Å². The largest absolute Gasteiger partial charge is 0.355 e. The van der Waals surface area contributed by atoms with Crippen molar-refractivity contribution in [3.8, 4) is 0 Å². The van der Waals surface area contributed by atoms with E-state index in [-0.39, 0.29) is 11.2 Å². The molecule has 25 heavy (non-hydrogen) atoms. The van der Waals surface area contributed by atoms with Crippen LogP contribution >= 0.6 is 34.4 Å². The number of carbonyl (C=O) groups excluding carboxylic acids is 1. The van der Waals surface area contributed by atoms with Crippen LogP contribution in [0.2, 0.25) is 0 Å². The lowest BCUT2D eigenvalue weighted by Crippen LogP contribution is -2.32. The lowest BCUT2D eigenvalue weighted by atomic mass is 10.2. The molecule has 0 fully saturated rings. The third-order valence-corrected chi connectivity index (χ3v) is 7.14. The summed E-state index contributed by atoms with van der Waals surface area (Å²) in [5.74, 6) is 0.803. The zero-order valence-electron chi connectivity index (χ0n) is 14.8. The highest BCUT2D eigenvalue weighted by molar-refractivity contribution is 8.00. The lowest BCUT2D eigenvalue weighted by molar-refractivity contribution is -0.120. The van der Waals surface area contributed by atoms with Gasteiger partial charge in [-0.05, 0) is 51.1 Å². The first-order chi connectivity index (χ1) is 12.0. The van der Waals surface area contributed by atoms with Gasteiger partial charge in [0, 0.05) is 21.7 Å². The van der Waals surface area contributed by atoms with Crippen LogP contribution in [0.15, 0.2) is 22.5 Å². The van der Waals surface area contributed by atoms with Crippen molar-refractivity contribution in [1.82, 2.24) is 15.3 Å². The number of thiophene rings is 2. The Morgan fingerprint density at radius 3 is 2.84 bits per heavy atom. The van der Waals surface area contributed by atoms with Crippen molar-refractivity contribution < 1.29 is 4.79 Å². The summed E-state index contributed by atoms with van der Waals surface area (Å²) in [5.41, 5.74) is 1.22. The minimum atomic E-state index is -0.194. The molecule has 3 aromatic heterocycles. The van der Waals surface area contributed by atoms with Gasteiger partial charge in [-0.15, -0.1) is 22.7 Å². The molecule has 0 aromatic carbocycles. The lowest BCUT2D eigenvalue weighted by Gasteiger charge is -2.12. The number of carbonyl (C=O) groups is 1. The predicted molar refractivity (Wildman–Crippen MR) is 108 cm³/mol. The molecule has 0 bridgehead atoms. The van der Waals surface area contributed by atoms with Gasteiger partial charge in [0.15, 0.2) is 0 Å². The van der Waals surface area contributed by atoms with E-state index in [0.717, 1.165) is 27.5 Å². The van der Waals surface area contributed by atoms with Gasteiger partial charge >= 0.3 is 0 Å². The molecule has 0 aliphatic carbocycles. The molecule has 0 aliphatic rings. The number of aromatic nitrogens is 2. The zero-order chi connectivity index (χ0) is 18.0. The molecule has 3 heterocycles. The molecule has 1 N–H and O–H groups in total. The Balaban J connectivity index is 1.68. The van der Waals surface area contributed by atoms with Crippen LogP contribution in [0.25, 0.3) is 10.2 Å². The van der Waals surface area contributed by atoms with Gasteiger partial charge in [0.05, 0.1) is 5.25 Å². The first-order valence-electron chi connectivity index (χ1n) is 8.16. The highest BCUT2D eigenvalue weighted by Crippen LogP contribution is 2.36. The topological polar surface area (TPSA) is 54.9 Å². The third-order valence-electron chi connectivity index (χ3n) is 4.02. The Labute approximate surface area is 160 Å². The average Bonchev–Trinajstić information content (AvgIpc) is 3.16. The van der Waals surface area contributed by atoms with E-state index in [1.807, 2.05) is 19.9 Å². The maximum atomic E-state index is 12.4. The van der Waals surface area contributed by atoms with E-state index < -0.39 is 0 Å². The first kappa shape index (κ1) is 18.4. The summed E-state index contributed by atoms with van der Waals surface area (Å²) in [6, 6.07) is 4.13. The summed E-state index contributed by atoms with van der Waals surface area (Å²) in [6.07, 6.45) is 0.875. The van der Waals surface area contributed by atoms with Crippen LogP contribution in [0.5, 0.6) is 0 Å². The van der Waals surface area contributed by atoms with Crippen molar-refractivity contribution in [2.45, 2.75) is 44.4 Å². The molecule has 0 radical (unpaired) electrons. The number of hydrogen-bond acceptors (Lipinski definition) is 6. The number of hydrogen-bond donors (Lipinski definition) is 1. The van der Waals surface area contributed by atoms with E-state index in [2.05, 4.69) is 40.6 Å². The van der Waals surface area contributed by atoms with Crippen molar-refractivity contribution in [3.63, 3.8) is 0 Å². The van der Waals surface area contributed by atoms with Crippen LogP contribution in [-0.4, -0.2) is 27.7 Å². The highest BCUT2D eigenvalue weighted by Gasteiger charge is 2.20. The molecule has 0 saturated heterocycles. The molecule has 7 heteroatoms. The monoisotopic (exact) mass is 391 g/mol. The molecule has 0 aliphatic heterocycles. The Bertz CT molecular complexity index is 887. The Morgan fingerprint density at radius 1 is 1.32 bits per heavy atom. The van der Waals surface area contributed by atoms with Gasteiger partial charge in [0.1, 0.15) is 15.7 Å². The number of rotatable bonds is 6. The van der Waals surface area contributed by atoms with Crippen LogP contribution in [0.3, 0.4) is 0 Å². The summed E-state index contributed by atoms with van der Waals surface area (Å²) in [7, 11) is 0. The van der Waals surface area contributed by atoms with Crippen LogP contribution < -0.4 is 5.32 Å². The van der Waals surface area contributed by atoms with Crippen molar-refractivity contribution in [2.75, 3.05) is 6.54 Å². The zero-order valence-corrected chi connectivity index (χ0v) is 17.2. The molecule has 1 atom stereocenters. The fraction of sp³-hybridized carbons (Fsp3) is 0.389. The number of amides is 1. The summed E-state index contributed by atoms with van der Waals surface area (Å²) in [4.78, 5) is 25.1. The smallest absolute Gasteiger partial charge is 0.233 e. The van der Waals surface area contributed by atoms with E-state index in [1.54, 1.807) is 22.7 Å². The van der Waals surface area contributed by atoms with E-state index in [4.69, 9.17) is 0 Å². The van der Waals surface area contributed by atoms with Gasteiger partial charge in [-0.25, -0.2) is 9.97 Å². The van der Waals surface area contributed by atoms with Crippen molar-refractivity contribution in [2.24, 2.45) is 0 Å². The van der Waals surface area contributed by atoms with Crippen LogP contribution in [0.4, 0.5) is 0 Å². The van der Waals surface area contributed by atoms with Crippen molar-refractivity contribution in [3.05, 3.63) is 38.7 Å². The second-order valence-electron chi connectivity index (χ2n) is 5.92. The molecule has 132 valence electrons. The average molecular weight is 392 g/mol. The van der Waals surface area contributed by atoms with Crippen LogP contribution in [0, 0.1) is 20.8 Å². The summed E-state index contributed by atoms with van der Waals surface area (Å²) >= 11 is 4.93. The van der Waals surface area contributed by atoms with Crippen molar-refractivity contribution >= 4 is 50.6 Å². The molecule has 1 amide bonds. The van der Waals surface area contributed by atoms with Gasteiger partial charge < -0.3 is 5.32 Å². The second-order valence-corrected chi connectivity index (χ2v) is 9.48. The molecule has 3 aromatic rings. The maximum Gasteiger partial charge on any atom is 0.233 e. The van der Waals surface area contributed by atoms with Gasteiger partial charge in [-0.1, -0.05) is 17.8 Å². The number of fused-ring (bicyclic) bond motifs is 1. The van der Waals surface area contributed by atoms with Gasteiger partial charge in [-0.3, -0.25) is 4.79 Å². The molecule has 1 unspecified atom stereocenters. The molecule has 0 saturated carbocycles. The molecule has 0 spiro atoms. The summed E-state index contributed by atoms with van der Waals surface area (Å²) in [5, 5.41) is 6.90. The number of nitrogens with one attached hydrogen (secondary N) is 1. The fourth-order valence-corrected chi connectivity index (χ4v) is 5.45. The number of thioether (sulfide) groups is 1. The maximum absolute atomic E-state index is 12.4. The minimum Gasteiger partial charge on any atom is -0.355 e. The van der Waals surface area contributed by atoms with Gasteiger partial charge in [0.25, 0.3) is 0 Å².